The van der Waals surface area contributed by atoms with E-state index >= 15 is 0 Å². The molecule has 0 unspecified atom stereocenters. The summed E-state index contributed by atoms with van der Waals surface area (Å²) in [5.74, 6) is 0.609. The fourth-order valence-electron chi connectivity index (χ4n) is 1.77. The van der Waals surface area contributed by atoms with Gasteiger partial charge in [0.2, 0.25) is 5.91 Å². The van der Waals surface area contributed by atoms with Crippen LogP contribution in [0.1, 0.15) is 23.7 Å². The first-order valence-corrected chi connectivity index (χ1v) is 5.75. The molecule has 1 aromatic rings. The molecule has 1 aromatic carbocycles. The average Bonchev–Trinajstić information content (AvgIpc) is 3.06. The maximum absolute atomic E-state index is 11.7. The standard InChI is InChI=1S/C13H16N2O2/c1-8-7-11(8)13(17)15-10-5-3-9(4-6-10)12(16)14-2/h3-6,8,11H,7H2,1-2H3,(H,14,16)(H,15,17)/t8-,11-/m0/s1. The van der Waals surface area contributed by atoms with Crippen molar-refractivity contribution in [3.8, 4) is 0 Å². The zero-order valence-corrected chi connectivity index (χ0v) is 9.99. The SMILES string of the molecule is CNC(=O)c1ccc(NC(=O)[C@H]2C[C@@H]2C)cc1. The molecule has 1 fully saturated rings. The predicted molar refractivity (Wildman–Crippen MR) is 65.7 cm³/mol. The van der Waals surface area contributed by atoms with Gasteiger partial charge >= 0.3 is 0 Å². The van der Waals surface area contributed by atoms with Gasteiger partial charge in [-0.3, -0.25) is 9.59 Å². The van der Waals surface area contributed by atoms with Gasteiger partial charge in [-0.1, -0.05) is 6.92 Å². The third-order valence-electron chi connectivity index (χ3n) is 3.09. The first-order valence-electron chi connectivity index (χ1n) is 5.75. The van der Waals surface area contributed by atoms with Gasteiger partial charge in [0.05, 0.1) is 0 Å². The van der Waals surface area contributed by atoms with E-state index in [0.717, 1.165) is 12.1 Å². The van der Waals surface area contributed by atoms with Crippen molar-refractivity contribution in [1.29, 1.82) is 0 Å². The molecule has 0 aromatic heterocycles. The van der Waals surface area contributed by atoms with Crippen molar-refractivity contribution in [2.24, 2.45) is 11.8 Å². The smallest absolute Gasteiger partial charge is 0.251 e. The maximum Gasteiger partial charge on any atom is 0.251 e. The quantitative estimate of drug-likeness (QED) is 0.832. The summed E-state index contributed by atoms with van der Waals surface area (Å²) >= 11 is 0. The van der Waals surface area contributed by atoms with Gasteiger partial charge in [-0.25, -0.2) is 0 Å². The van der Waals surface area contributed by atoms with E-state index in [1.54, 1.807) is 31.3 Å². The second-order valence-corrected chi connectivity index (χ2v) is 4.47. The number of carbonyl (C=O) groups is 2. The molecule has 1 aliphatic rings. The van der Waals surface area contributed by atoms with Crippen molar-refractivity contribution in [1.82, 2.24) is 5.32 Å². The van der Waals surface area contributed by atoms with E-state index in [2.05, 4.69) is 17.6 Å². The van der Waals surface area contributed by atoms with Crippen molar-refractivity contribution in [3.63, 3.8) is 0 Å². The second-order valence-electron chi connectivity index (χ2n) is 4.47. The molecule has 4 heteroatoms. The molecule has 0 radical (unpaired) electrons. The molecule has 0 saturated heterocycles. The second kappa shape index (κ2) is 4.57. The molecule has 90 valence electrons. The van der Waals surface area contributed by atoms with Crippen LogP contribution in [0.15, 0.2) is 24.3 Å². The van der Waals surface area contributed by atoms with Gasteiger partial charge in [0.15, 0.2) is 0 Å². The third-order valence-corrected chi connectivity index (χ3v) is 3.09. The summed E-state index contributed by atoms with van der Waals surface area (Å²) in [5, 5.41) is 5.40. The van der Waals surface area contributed by atoms with E-state index in [4.69, 9.17) is 0 Å². The highest BCUT2D eigenvalue weighted by Crippen LogP contribution is 2.38. The van der Waals surface area contributed by atoms with Crippen LogP contribution in [0.25, 0.3) is 0 Å². The molecule has 2 atom stereocenters. The highest BCUT2D eigenvalue weighted by atomic mass is 16.2. The monoisotopic (exact) mass is 232 g/mol. The number of rotatable bonds is 3. The summed E-state index contributed by atoms with van der Waals surface area (Å²) in [6, 6.07) is 6.89. The molecule has 1 saturated carbocycles. The third kappa shape index (κ3) is 2.64. The Morgan fingerprint density at radius 2 is 1.82 bits per heavy atom. The van der Waals surface area contributed by atoms with Crippen molar-refractivity contribution in [2.75, 3.05) is 12.4 Å². The van der Waals surface area contributed by atoms with Gasteiger partial charge in [0.1, 0.15) is 0 Å². The Kier molecular flexibility index (Phi) is 3.13. The molecule has 0 heterocycles. The molecule has 1 aliphatic carbocycles. The minimum atomic E-state index is -0.126. The van der Waals surface area contributed by atoms with Gasteiger partial charge in [0, 0.05) is 24.2 Å². The van der Waals surface area contributed by atoms with Crippen LogP contribution in [-0.2, 0) is 4.79 Å². The van der Waals surface area contributed by atoms with Crippen LogP contribution in [0, 0.1) is 11.8 Å². The van der Waals surface area contributed by atoms with Gasteiger partial charge in [-0.05, 0) is 36.6 Å². The highest BCUT2D eigenvalue weighted by molar-refractivity contribution is 5.96. The highest BCUT2D eigenvalue weighted by Gasteiger charge is 2.38. The Morgan fingerprint density at radius 3 is 2.29 bits per heavy atom. The van der Waals surface area contributed by atoms with Crippen molar-refractivity contribution in [2.45, 2.75) is 13.3 Å². The summed E-state index contributed by atoms with van der Waals surface area (Å²) < 4.78 is 0. The fourth-order valence-corrected chi connectivity index (χ4v) is 1.77. The van der Waals surface area contributed by atoms with Crippen LogP contribution in [0.5, 0.6) is 0 Å². The molecule has 4 nitrogen and oxygen atoms in total. The molecule has 17 heavy (non-hydrogen) atoms. The number of amides is 2. The lowest BCUT2D eigenvalue weighted by Gasteiger charge is -2.05. The lowest BCUT2D eigenvalue weighted by molar-refractivity contribution is -0.117. The van der Waals surface area contributed by atoms with Crippen LogP contribution < -0.4 is 10.6 Å². The normalized spacial score (nSPS) is 21.8. The molecule has 0 aliphatic heterocycles. The summed E-state index contributed by atoms with van der Waals surface area (Å²) in [5.41, 5.74) is 1.33. The average molecular weight is 232 g/mol. The Bertz CT molecular complexity index is 439. The van der Waals surface area contributed by atoms with Crippen molar-refractivity contribution in [3.05, 3.63) is 29.8 Å². The first-order chi connectivity index (χ1) is 8.11. The lowest BCUT2D eigenvalue weighted by Crippen LogP contribution is -2.18. The van der Waals surface area contributed by atoms with E-state index in [1.807, 2.05) is 0 Å². The molecular weight excluding hydrogens is 216 g/mol. The number of benzene rings is 1. The summed E-state index contributed by atoms with van der Waals surface area (Å²) in [6.45, 7) is 2.07. The van der Waals surface area contributed by atoms with E-state index in [1.165, 1.54) is 0 Å². The van der Waals surface area contributed by atoms with Crippen LogP contribution >= 0.6 is 0 Å². The molecule has 2 N–H and O–H groups in total. The maximum atomic E-state index is 11.7. The Balaban J connectivity index is 1.98. The number of hydrogen-bond acceptors (Lipinski definition) is 2. The largest absolute Gasteiger partial charge is 0.355 e. The first kappa shape index (κ1) is 11.6. The number of anilines is 1. The van der Waals surface area contributed by atoms with E-state index in [0.29, 0.717) is 11.5 Å². The molecular formula is C13H16N2O2. The van der Waals surface area contributed by atoms with Crippen molar-refractivity contribution < 1.29 is 9.59 Å². The van der Waals surface area contributed by atoms with Crippen LogP contribution in [0.2, 0.25) is 0 Å². The minimum Gasteiger partial charge on any atom is -0.355 e. The Morgan fingerprint density at radius 1 is 1.24 bits per heavy atom. The van der Waals surface area contributed by atoms with Gasteiger partial charge < -0.3 is 10.6 Å². The van der Waals surface area contributed by atoms with Gasteiger partial charge in [-0.2, -0.15) is 0 Å². The summed E-state index contributed by atoms with van der Waals surface area (Å²) in [6.07, 6.45) is 0.974. The molecule has 2 rings (SSSR count). The number of carbonyl (C=O) groups excluding carboxylic acids is 2. The Labute approximate surface area is 100 Å². The molecule has 0 bridgehead atoms. The summed E-state index contributed by atoms with van der Waals surface area (Å²) in [7, 11) is 1.59. The van der Waals surface area contributed by atoms with E-state index < -0.39 is 0 Å². The van der Waals surface area contributed by atoms with Gasteiger partial charge in [-0.15, -0.1) is 0 Å². The molecule has 2 amide bonds. The zero-order valence-electron chi connectivity index (χ0n) is 9.99. The predicted octanol–water partition coefficient (Wildman–Crippen LogP) is 1.64. The number of nitrogens with one attached hydrogen (secondary N) is 2. The fraction of sp³-hybridized carbons (Fsp3) is 0.385. The van der Waals surface area contributed by atoms with Crippen LogP contribution in [-0.4, -0.2) is 18.9 Å². The van der Waals surface area contributed by atoms with E-state index in [-0.39, 0.29) is 17.7 Å². The zero-order chi connectivity index (χ0) is 12.4. The lowest BCUT2D eigenvalue weighted by atomic mass is 10.2. The van der Waals surface area contributed by atoms with Crippen LogP contribution in [0.4, 0.5) is 5.69 Å². The number of hydrogen-bond donors (Lipinski definition) is 2. The topological polar surface area (TPSA) is 58.2 Å². The van der Waals surface area contributed by atoms with Crippen molar-refractivity contribution >= 4 is 17.5 Å². The van der Waals surface area contributed by atoms with E-state index in [9.17, 15) is 9.59 Å². The van der Waals surface area contributed by atoms with Gasteiger partial charge in [0.25, 0.3) is 5.91 Å². The molecule has 0 spiro atoms. The summed E-state index contributed by atoms with van der Waals surface area (Å²) in [4.78, 5) is 23.0. The Hall–Kier alpha value is -1.84. The van der Waals surface area contributed by atoms with Crippen LogP contribution in [0.3, 0.4) is 0 Å². The minimum absolute atomic E-state index is 0.0743.